The summed E-state index contributed by atoms with van der Waals surface area (Å²) in [6.07, 6.45) is 7.75. The van der Waals surface area contributed by atoms with Crippen molar-refractivity contribution in [3.05, 3.63) is 73.9 Å². The maximum absolute atomic E-state index is 12.4. The van der Waals surface area contributed by atoms with Crippen LogP contribution < -0.4 is 0 Å². The van der Waals surface area contributed by atoms with E-state index in [9.17, 15) is 19.5 Å². The van der Waals surface area contributed by atoms with Crippen LogP contribution in [0.1, 0.15) is 20.3 Å². The molecule has 1 N–H and O–H groups in total. The number of carbonyl (C=O) groups excluding carboxylic acids is 3. The van der Waals surface area contributed by atoms with E-state index in [0.717, 1.165) is 12.2 Å². The van der Waals surface area contributed by atoms with Gasteiger partial charge in [-0.05, 0) is 18.9 Å². The Kier molecular flexibility index (Phi) is 12.4. The van der Waals surface area contributed by atoms with Gasteiger partial charge in [0.15, 0.2) is 0 Å². The van der Waals surface area contributed by atoms with Crippen LogP contribution in [0.25, 0.3) is 0 Å². The fourth-order valence-electron chi connectivity index (χ4n) is 2.03. The lowest BCUT2D eigenvalue weighted by atomic mass is 9.88. The molecule has 30 heavy (non-hydrogen) atoms. The number of allylic oxidation sites excluding steroid dienone is 3. The summed E-state index contributed by atoms with van der Waals surface area (Å²) in [6.45, 7) is 16.9. The van der Waals surface area contributed by atoms with Crippen molar-refractivity contribution in [2.24, 2.45) is 5.41 Å². The van der Waals surface area contributed by atoms with E-state index in [1.54, 1.807) is 31.2 Å². The molecule has 7 heteroatoms. The molecule has 0 aliphatic rings. The minimum atomic E-state index is -1.33. The Morgan fingerprint density at radius 2 is 1.47 bits per heavy atom. The standard InChI is InChI=1S/C23H30O7/c1-7-11-12-13-17(5)21(26)18(6)22(27)30-16-23(10-4,14-28-19(24)8-2)15-29-20(25)9-3/h7-9,11-13,21,26H,2-3,5-6,10,14-16H2,1,4H3/b11-7-,13-12-. The van der Waals surface area contributed by atoms with Crippen LogP contribution in [0.2, 0.25) is 0 Å². The second-order valence-electron chi connectivity index (χ2n) is 6.44. The zero-order chi connectivity index (χ0) is 23.2. The highest BCUT2D eigenvalue weighted by atomic mass is 16.6. The van der Waals surface area contributed by atoms with Gasteiger partial charge in [-0.25, -0.2) is 14.4 Å². The summed E-state index contributed by atoms with van der Waals surface area (Å²) in [5, 5.41) is 10.2. The number of esters is 3. The van der Waals surface area contributed by atoms with Crippen molar-refractivity contribution in [3.8, 4) is 0 Å². The monoisotopic (exact) mass is 418 g/mol. The number of aliphatic hydroxyl groups excluding tert-OH is 1. The predicted molar refractivity (Wildman–Crippen MR) is 114 cm³/mol. The van der Waals surface area contributed by atoms with Gasteiger partial charge in [-0.15, -0.1) is 0 Å². The normalized spacial score (nSPS) is 12.2. The van der Waals surface area contributed by atoms with E-state index >= 15 is 0 Å². The number of hydrogen-bond acceptors (Lipinski definition) is 7. The molecule has 164 valence electrons. The molecular weight excluding hydrogens is 388 g/mol. The van der Waals surface area contributed by atoms with Crippen molar-refractivity contribution in [1.82, 2.24) is 0 Å². The molecule has 0 aromatic heterocycles. The number of rotatable bonds is 14. The van der Waals surface area contributed by atoms with E-state index in [-0.39, 0.29) is 31.0 Å². The zero-order valence-electron chi connectivity index (χ0n) is 17.6. The third-order valence-corrected chi connectivity index (χ3v) is 4.19. The van der Waals surface area contributed by atoms with Crippen LogP contribution in [0, 0.1) is 5.41 Å². The van der Waals surface area contributed by atoms with Crippen LogP contribution in [0.5, 0.6) is 0 Å². The maximum atomic E-state index is 12.4. The first-order valence-corrected chi connectivity index (χ1v) is 9.26. The first-order valence-electron chi connectivity index (χ1n) is 9.26. The average Bonchev–Trinajstić information content (AvgIpc) is 2.76. The van der Waals surface area contributed by atoms with Gasteiger partial charge in [-0.3, -0.25) is 0 Å². The molecule has 0 fully saturated rings. The van der Waals surface area contributed by atoms with E-state index in [0.29, 0.717) is 6.42 Å². The Hall–Kier alpha value is -3.19. The van der Waals surface area contributed by atoms with Gasteiger partial charge >= 0.3 is 17.9 Å². The van der Waals surface area contributed by atoms with E-state index in [1.807, 2.05) is 6.92 Å². The van der Waals surface area contributed by atoms with Crippen molar-refractivity contribution >= 4 is 17.9 Å². The summed E-state index contributed by atoms with van der Waals surface area (Å²) in [7, 11) is 0. The number of ether oxygens (including phenoxy) is 3. The quantitative estimate of drug-likeness (QED) is 0.200. The predicted octanol–water partition coefficient (Wildman–Crippen LogP) is 2.99. The summed E-state index contributed by atoms with van der Waals surface area (Å²) in [4.78, 5) is 35.3. The Bertz CT molecular complexity index is 704. The molecule has 0 aliphatic carbocycles. The molecule has 1 unspecified atom stereocenters. The molecule has 0 aromatic carbocycles. The van der Waals surface area contributed by atoms with Crippen LogP contribution in [-0.4, -0.2) is 48.9 Å². The largest absolute Gasteiger partial charge is 0.462 e. The van der Waals surface area contributed by atoms with E-state index in [4.69, 9.17) is 14.2 Å². The third kappa shape index (κ3) is 9.34. The van der Waals surface area contributed by atoms with Crippen molar-refractivity contribution in [3.63, 3.8) is 0 Å². The third-order valence-electron chi connectivity index (χ3n) is 4.19. The molecule has 0 rings (SSSR count). The van der Waals surface area contributed by atoms with E-state index < -0.39 is 29.4 Å². The number of hydrogen-bond donors (Lipinski definition) is 1. The lowest BCUT2D eigenvalue weighted by Crippen LogP contribution is -2.39. The van der Waals surface area contributed by atoms with Gasteiger partial charge in [0.1, 0.15) is 25.9 Å². The first kappa shape index (κ1) is 26.8. The minimum absolute atomic E-state index is 0.181. The van der Waals surface area contributed by atoms with Crippen LogP contribution in [0.3, 0.4) is 0 Å². The Labute approximate surface area is 177 Å². The number of carbonyl (C=O) groups is 3. The van der Waals surface area contributed by atoms with E-state index in [2.05, 4.69) is 26.3 Å². The molecule has 0 spiro atoms. The van der Waals surface area contributed by atoms with Gasteiger partial charge < -0.3 is 19.3 Å². The summed E-state index contributed by atoms with van der Waals surface area (Å²) < 4.78 is 15.4. The highest BCUT2D eigenvalue weighted by molar-refractivity contribution is 5.89. The van der Waals surface area contributed by atoms with Crippen LogP contribution in [0.15, 0.2) is 73.9 Å². The summed E-state index contributed by atoms with van der Waals surface area (Å²) in [5.41, 5.74) is -0.945. The summed E-state index contributed by atoms with van der Waals surface area (Å²) >= 11 is 0. The molecule has 0 saturated heterocycles. The van der Waals surface area contributed by atoms with Gasteiger partial charge in [0.2, 0.25) is 0 Å². The molecule has 0 heterocycles. The molecule has 0 aliphatic heterocycles. The Balaban J connectivity index is 5.21. The van der Waals surface area contributed by atoms with Gasteiger partial charge in [0.05, 0.1) is 11.0 Å². The molecule has 0 bridgehead atoms. The lowest BCUT2D eigenvalue weighted by Gasteiger charge is -2.31. The number of aliphatic hydroxyl groups is 1. The average molecular weight is 418 g/mol. The van der Waals surface area contributed by atoms with Crippen LogP contribution in [-0.2, 0) is 28.6 Å². The molecule has 7 nitrogen and oxygen atoms in total. The second kappa shape index (κ2) is 13.9. The van der Waals surface area contributed by atoms with Crippen LogP contribution >= 0.6 is 0 Å². The lowest BCUT2D eigenvalue weighted by molar-refractivity contribution is -0.156. The SMILES string of the molecule is C=CC(=O)OCC(CC)(COC(=O)C=C)COC(=O)C(=C)C(O)C(=C)/C=C\C=C/C. The molecular formula is C23H30O7. The fourth-order valence-corrected chi connectivity index (χ4v) is 2.03. The van der Waals surface area contributed by atoms with Crippen molar-refractivity contribution in [2.45, 2.75) is 26.4 Å². The topological polar surface area (TPSA) is 99.1 Å². The smallest absolute Gasteiger partial charge is 0.336 e. The highest BCUT2D eigenvalue weighted by Crippen LogP contribution is 2.25. The van der Waals surface area contributed by atoms with E-state index in [1.165, 1.54) is 0 Å². The molecule has 0 radical (unpaired) electrons. The summed E-state index contributed by atoms with van der Waals surface area (Å²) in [5.74, 6) is -2.19. The fraction of sp³-hybridized carbons (Fsp3) is 0.348. The minimum Gasteiger partial charge on any atom is -0.462 e. The van der Waals surface area contributed by atoms with Crippen molar-refractivity contribution in [1.29, 1.82) is 0 Å². The van der Waals surface area contributed by atoms with Crippen LogP contribution in [0.4, 0.5) is 0 Å². The Morgan fingerprint density at radius 3 is 1.90 bits per heavy atom. The maximum Gasteiger partial charge on any atom is 0.336 e. The Morgan fingerprint density at radius 1 is 0.967 bits per heavy atom. The second-order valence-corrected chi connectivity index (χ2v) is 6.44. The molecule has 0 aromatic rings. The zero-order valence-corrected chi connectivity index (χ0v) is 17.6. The van der Waals surface area contributed by atoms with Gasteiger partial charge in [-0.2, -0.15) is 0 Å². The molecule has 0 saturated carbocycles. The summed E-state index contributed by atoms with van der Waals surface area (Å²) in [6, 6.07) is 0. The first-order chi connectivity index (χ1) is 14.2. The molecule has 0 amide bonds. The van der Waals surface area contributed by atoms with Crippen molar-refractivity contribution < 1.29 is 33.7 Å². The van der Waals surface area contributed by atoms with Gasteiger partial charge in [-0.1, -0.05) is 57.5 Å². The van der Waals surface area contributed by atoms with Gasteiger partial charge in [0.25, 0.3) is 0 Å². The highest BCUT2D eigenvalue weighted by Gasteiger charge is 2.34. The van der Waals surface area contributed by atoms with Gasteiger partial charge in [0, 0.05) is 12.2 Å². The molecule has 1 atom stereocenters. The van der Waals surface area contributed by atoms with Crippen molar-refractivity contribution in [2.75, 3.05) is 19.8 Å².